The number of rotatable bonds is 69. The molecule has 0 saturated carbocycles. The van der Waals surface area contributed by atoms with Crippen molar-refractivity contribution in [2.45, 2.75) is 424 Å². The Morgan fingerprint density at radius 3 is 0.887 bits per heavy atom. The number of unbranched alkanes of at least 4 members (excludes halogenated alkanes) is 54. The zero-order chi connectivity index (χ0) is 57.8. The molecule has 0 aliphatic rings. The Bertz CT molecular complexity index is 1250. The van der Waals surface area contributed by atoms with Gasteiger partial charge in [0.1, 0.15) is 0 Å². The first kappa shape index (κ1) is 78.3. The Kier molecular flexibility index (Phi) is 68.4. The fourth-order valence-electron chi connectivity index (χ4n) is 11.6. The van der Waals surface area contributed by atoms with Gasteiger partial charge in [0, 0.05) is 12.8 Å². The van der Waals surface area contributed by atoms with Crippen molar-refractivity contribution in [1.29, 1.82) is 0 Å². The summed E-state index contributed by atoms with van der Waals surface area (Å²) in [6.45, 7) is 4.98. The quantitative estimate of drug-likeness (QED) is 0.0320. The van der Waals surface area contributed by atoms with Gasteiger partial charge in [-0.25, -0.2) is 0 Å². The number of ether oxygens (including phenoxy) is 1. The smallest absolute Gasteiger partial charge is 0.305 e. The molecular weight excluding hydrogens is 983 g/mol. The lowest BCUT2D eigenvalue weighted by Crippen LogP contribution is -2.45. The molecule has 0 aromatic heterocycles. The van der Waals surface area contributed by atoms with E-state index in [2.05, 4.69) is 43.5 Å². The normalized spacial score (nSPS) is 12.6. The number of aliphatic hydroxyl groups excluding tert-OH is 2. The van der Waals surface area contributed by atoms with Crippen molar-refractivity contribution >= 4 is 11.9 Å². The molecule has 0 aromatic carbocycles. The summed E-state index contributed by atoms with van der Waals surface area (Å²) in [5, 5.41) is 23.4. The highest BCUT2D eigenvalue weighted by atomic mass is 16.5. The van der Waals surface area contributed by atoms with Crippen molar-refractivity contribution in [3.63, 3.8) is 0 Å². The van der Waals surface area contributed by atoms with Crippen molar-refractivity contribution in [3.05, 3.63) is 24.3 Å². The Hall–Kier alpha value is -1.66. The van der Waals surface area contributed by atoms with Crippen molar-refractivity contribution in [2.75, 3.05) is 13.2 Å². The molecule has 1 amide bonds. The van der Waals surface area contributed by atoms with Crippen molar-refractivity contribution < 1.29 is 24.5 Å². The van der Waals surface area contributed by atoms with E-state index in [0.29, 0.717) is 25.9 Å². The predicted octanol–water partition coefficient (Wildman–Crippen LogP) is 23.7. The van der Waals surface area contributed by atoms with Crippen LogP contribution in [-0.4, -0.2) is 47.4 Å². The molecule has 0 rings (SSSR count). The average molecular weight is 1130 g/mol. The van der Waals surface area contributed by atoms with Gasteiger partial charge < -0.3 is 20.3 Å². The molecule has 6 nitrogen and oxygen atoms in total. The van der Waals surface area contributed by atoms with Crippen LogP contribution in [0.15, 0.2) is 24.3 Å². The van der Waals surface area contributed by atoms with E-state index in [1.54, 1.807) is 0 Å². The van der Waals surface area contributed by atoms with Crippen LogP contribution >= 0.6 is 0 Å². The highest BCUT2D eigenvalue weighted by molar-refractivity contribution is 5.76. The minimum absolute atomic E-state index is 0.0105. The first-order valence-electron chi connectivity index (χ1n) is 36.6. The predicted molar refractivity (Wildman–Crippen MR) is 352 cm³/mol. The minimum Gasteiger partial charge on any atom is -0.466 e. The average Bonchev–Trinajstić information content (AvgIpc) is 3.46. The van der Waals surface area contributed by atoms with Crippen molar-refractivity contribution in [3.8, 4) is 0 Å². The second kappa shape index (κ2) is 69.8. The van der Waals surface area contributed by atoms with E-state index in [4.69, 9.17) is 4.74 Å². The number of aliphatic hydroxyl groups is 2. The van der Waals surface area contributed by atoms with Gasteiger partial charge in [-0.05, 0) is 77.0 Å². The van der Waals surface area contributed by atoms with Crippen LogP contribution in [0.25, 0.3) is 0 Å². The molecule has 6 heteroatoms. The summed E-state index contributed by atoms with van der Waals surface area (Å²) < 4.78 is 5.49. The maximum Gasteiger partial charge on any atom is 0.305 e. The summed E-state index contributed by atoms with van der Waals surface area (Å²) in [4.78, 5) is 24.6. The number of hydrogen-bond acceptors (Lipinski definition) is 5. The molecule has 2 unspecified atom stereocenters. The van der Waals surface area contributed by atoms with Gasteiger partial charge in [-0.1, -0.05) is 346 Å². The Morgan fingerprint density at radius 1 is 0.338 bits per heavy atom. The van der Waals surface area contributed by atoms with Crippen LogP contribution in [-0.2, 0) is 14.3 Å². The number of carbonyl (C=O) groups excluding carboxylic acids is 2. The summed E-state index contributed by atoms with van der Waals surface area (Å²) in [5.74, 6) is -0.0186. The molecular formula is C74H143NO5. The molecule has 0 aromatic rings. The Balaban J connectivity index is 3.35. The fraction of sp³-hybridized carbons (Fsp3) is 0.919. The van der Waals surface area contributed by atoms with Crippen LogP contribution in [0.3, 0.4) is 0 Å². The molecule has 2 atom stereocenters. The van der Waals surface area contributed by atoms with E-state index in [9.17, 15) is 19.8 Å². The van der Waals surface area contributed by atoms with Gasteiger partial charge in [-0.15, -0.1) is 0 Å². The first-order chi connectivity index (χ1) is 39.5. The number of carbonyl (C=O) groups is 2. The lowest BCUT2D eigenvalue weighted by atomic mass is 10.0. The van der Waals surface area contributed by atoms with Gasteiger partial charge in [0.25, 0.3) is 0 Å². The number of allylic oxidation sites excluding steroid dienone is 4. The maximum absolute atomic E-state index is 12.5. The minimum atomic E-state index is -0.663. The van der Waals surface area contributed by atoms with Gasteiger partial charge >= 0.3 is 5.97 Å². The van der Waals surface area contributed by atoms with Crippen LogP contribution in [0.1, 0.15) is 412 Å². The number of hydrogen-bond donors (Lipinski definition) is 3. The fourth-order valence-corrected chi connectivity index (χ4v) is 11.6. The van der Waals surface area contributed by atoms with E-state index in [1.165, 1.54) is 334 Å². The highest BCUT2D eigenvalue weighted by Crippen LogP contribution is 2.19. The van der Waals surface area contributed by atoms with Crippen molar-refractivity contribution in [1.82, 2.24) is 5.32 Å². The van der Waals surface area contributed by atoms with E-state index < -0.39 is 12.1 Å². The monoisotopic (exact) mass is 1130 g/mol. The summed E-state index contributed by atoms with van der Waals surface area (Å²) in [7, 11) is 0. The summed E-state index contributed by atoms with van der Waals surface area (Å²) in [6.07, 6.45) is 88.1. The molecule has 0 bridgehead atoms. The second-order valence-electron chi connectivity index (χ2n) is 25.3. The molecule has 3 N–H and O–H groups in total. The molecule has 80 heavy (non-hydrogen) atoms. The van der Waals surface area contributed by atoms with Gasteiger partial charge in [0.05, 0.1) is 25.4 Å². The van der Waals surface area contributed by atoms with E-state index in [-0.39, 0.29) is 18.5 Å². The topological polar surface area (TPSA) is 95.9 Å². The molecule has 0 heterocycles. The largest absolute Gasteiger partial charge is 0.466 e. The van der Waals surface area contributed by atoms with E-state index in [1.807, 2.05) is 0 Å². The third-order valence-electron chi connectivity index (χ3n) is 17.2. The van der Waals surface area contributed by atoms with Crippen molar-refractivity contribution in [2.24, 2.45) is 0 Å². The standard InChI is InChI=1S/C74H143NO5/c1-3-5-7-9-11-13-15-17-19-35-39-42-46-50-54-58-62-66-72(77)71(70-76)75-73(78)67-63-59-55-51-47-43-40-36-33-31-29-27-25-23-21-20-22-24-26-28-30-32-34-37-41-45-49-53-57-61-65-69-80-74(79)68-64-60-56-52-48-44-38-18-16-14-12-10-8-6-4-2/h18,22,24,38,71-72,76-77H,3-17,19-21,23,25-37,39-70H2,1-2H3,(H,75,78)/b24-22-,38-18-. The molecule has 474 valence electrons. The third kappa shape index (κ3) is 65.5. The highest BCUT2D eigenvalue weighted by Gasteiger charge is 2.20. The maximum atomic E-state index is 12.5. The lowest BCUT2D eigenvalue weighted by molar-refractivity contribution is -0.143. The molecule has 0 fully saturated rings. The molecule has 0 radical (unpaired) electrons. The van der Waals surface area contributed by atoms with Gasteiger partial charge in [0.15, 0.2) is 0 Å². The van der Waals surface area contributed by atoms with Gasteiger partial charge in [-0.2, -0.15) is 0 Å². The van der Waals surface area contributed by atoms with Crippen LogP contribution in [0, 0.1) is 0 Å². The molecule has 0 aliphatic heterocycles. The third-order valence-corrected chi connectivity index (χ3v) is 17.2. The first-order valence-corrected chi connectivity index (χ1v) is 36.6. The number of esters is 1. The lowest BCUT2D eigenvalue weighted by Gasteiger charge is -2.22. The summed E-state index contributed by atoms with van der Waals surface area (Å²) in [5.41, 5.74) is 0. The van der Waals surface area contributed by atoms with Crippen LogP contribution in [0.2, 0.25) is 0 Å². The number of amides is 1. The number of nitrogens with one attached hydrogen (secondary N) is 1. The molecule has 0 saturated heterocycles. The summed E-state index contributed by atoms with van der Waals surface area (Å²) >= 11 is 0. The van der Waals surface area contributed by atoms with E-state index >= 15 is 0 Å². The summed E-state index contributed by atoms with van der Waals surface area (Å²) in [6, 6.07) is -0.540. The van der Waals surface area contributed by atoms with Gasteiger partial charge in [-0.3, -0.25) is 9.59 Å². The van der Waals surface area contributed by atoms with Crippen LogP contribution in [0.4, 0.5) is 0 Å². The Morgan fingerprint density at radius 2 is 0.588 bits per heavy atom. The zero-order valence-electron chi connectivity index (χ0n) is 54.3. The SMILES string of the molecule is CCCCCCCC/C=C\CCCCCCCC(=O)OCCCCCCCCCCCCCC/C=C\CCCCCCCCCCCCCCCCCC(=O)NC(CO)C(O)CCCCCCCCCCCCCCCCCCC. The van der Waals surface area contributed by atoms with Gasteiger partial charge in [0.2, 0.25) is 5.91 Å². The molecule has 0 aliphatic carbocycles. The molecule has 0 spiro atoms. The van der Waals surface area contributed by atoms with Crippen LogP contribution in [0.5, 0.6) is 0 Å². The second-order valence-corrected chi connectivity index (χ2v) is 25.3. The zero-order valence-corrected chi connectivity index (χ0v) is 54.3. The Labute approximate surface area is 501 Å². The van der Waals surface area contributed by atoms with Crippen LogP contribution < -0.4 is 5.32 Å². The van der Waals surface area contributed by atoms with E-state index in [0.717, 1.165) is 44.9 Å².